The van der Waals surface area contributed by atoms with Crippen molar-refractivity contribution in [3.8, 4) is 22.1 Å². The molecule has 0 saturated carbocycles. The van der Waals surface area contributed by atoms with E-state index in [4.69, 9.17) is 4.74 Å². The molecule has 0 atom stereocenters. The molecule has 25 heavy (non-hydrogen) atoms. The van der Waals surface area contributed by atoms with E-state index in [2.05, 4.69) is 24.0 Å². The lowest BCUT2D eigenvalue weighted by Gasteiger charge is -2.07. The fourth-order valence-corrected chi connectivity index (χ4v) is 3.47. The van der Waals surface area contributed by atoms with Crippen LogP contribution in [0.4, 0.5) is 0 Å². The van der Waals surface area contributed by atoms with Crippen molar-refractivity contribution in [2.24, 2.45) is 0 Å². The van der Waals surface area contributed by atoms with Gasteiger partial charge in [-0.1, -0.05) is 26.0 Å². The van der Waals surface area contributed by atoms with Crippen molar-refractivity contribution in [1.82, 2.24) is 4.98 Å². The van der Waals surface area contributed by atoms with E-state index >= 15 is 0 Å². The molecule has 128 valence electrons. The minimum absolute atomic E-state index is 0.314. The number of benzene rings is 2. The summed E-state index contributed by atoms with van der Waals surface area (Å²) in [5.74, 6) is 0.607. The number of hydrogen-bond donors (Lipinski definition) is 1. The Morgan fingerprint density at radius 1 is 1.00 bits per heavy atom. The summed E-state index contributed by atoms with van der Waals surface area (Å²) in [5.41, 5.74) is 2.79. The first-order valence-corrected chi connectivity index (χ1v) is 9.02. The summed E-state index contributed by atoms with van der Waals surface area (Å²) in [6.07, 6.45) is 1.61. The monoisotopic (exact) mass is 353 g/mol. The Balaban J connectivity index is 1.78. The maximum absolute atomic E-state index is 11.3. The Morgan fingerprint density at radius 3 is 2.08 bits per heavy atom. The van der Waals surface area contributed by atoms with Crippen molar-refractivity contribution in [3.05, 3.63) is 64.7 Å². The molecule has 0 radical (unpaired) electrons. The fraction of sp³-hybridized carbons (Fsp3) is 0.200. The number of rotatable bonds is 6. The molecule has 1 heterocycles. The molecule has 3 aromatic rings. The van der Waals surface area contributed by atoms with Gasteiger partial charge < -0.3 is 9.84 Å². The number of thiazole rings is 1. The van der Waals surface area contributed by atoms with Crippen molar-refractivity contribution >= 4 is 17.3 Å². The van der Waals surface area contributed by atoms with Crippen molar-refractivity contribution in [3.63, 3.8) is 0 Å². The van der Waals surface area contributed by atoms with E-state index in [-0.39, 0.29) is 0 Å². The Labute approximate surface area is 150 Å². The standard InChI is InChI=1S/C20H19NO3S/c1-3-13-5-9-15(10-6-13)24-16-11-7-14(8-12-16)19-21-17(4-2)18(25-19)20(22)23/h5-12H,3-4H2,1-2H3,(H,22,23). The number of aromatic carboxylic acids is 1. The second-order valence-corrected chi connectivity index (χ2v) is 6.58. The van der Waals surface area contributed by atoms with Crippen LogP contribution in [0.3, 0.4) is 0 Å². The third-order valence-electron chi connectivity index (χ3n) is 3.90. The zero-order chi connectivity index (χ0) is 17.8. The van der Waals surface area contributed by atoms with E-state index in [1.165, 1.54) is 16.9 Å². The summed E-state index contributed by atoms with van der Waals surface area (Å²) in [6, 6.07) is 15.6. The number of carbonyl (C=O) groups is 1. The molecule has 0 unspecified atom stereocenters. The van der Waals surface area contributed by atoms with Crippen LogP contribution in [0, 0.1) is 0 Å². The molecule has 0 aliphatic heterocycles. The lowest BCUT2D eigenvalue weighted by Crippen LogP contribution is -1.97. The van der Waals surface area contributed by atoms with Crippen LogP contribution in [0.1, 0.15) is 34.8 Å². The Morgan fingerprint density at radius 2 is 1.60 bits per heavy atom. The highest BCUT2D eigenvalue weighted by Gasteiger charge is 2.16. The van der Waals surface area contributed by atoms with E-state index in [0.717, 1.165) is 23.5 Å². The quantitative estimate of drug-likeness (QED) is 0.642. The zero-order valence-electron chi connectivity index (χ0n) is 14.2. The van der Waals surface area contributed by atoms with Crippen LogP contribution in [0.15, 0.2) is 48.5 Å². The molecule has 0 saturated heterocycles. The van der Waals surface area contributed by atoms with Gasteiger partial charge in [-0.25, -0.2) is 9.78 Å². The number of ether oxygens (including phenoxy) is 1. The highest BCUT2D eigenvalue weighted by Crippen LogP contribution is 2.31. The number of carboxylic acid groups (broad SMARTS) is 1. The van der Waals surface area contributed by atoms with Crippen molar-refractivity contribution < 1.29 is 14.6 Å². The van der Waals surface area contributed by atoms with Crippen molar-refractivity contribution in [2.75, 3.05) is 0 Å². The fourth-order valence-electron chi connectivity index (χ4n) is 2.48. The highest BCUT2D eigenvalue weighted by molar-refractivity contribution is 7.17. The summed E-state index contributed by atoms with van der Waals surface area (Å²) in [5, 5.41) is 9.97. The zero-order valence-corrected chi connectivity index (χ0v) is 15.0. The van der Waals surface area contributed by atoms with E-state index < -0.39 is 5.97 Å². The molecule has 3 rings (SSSR count). The van der Waals surface area contributed by atoms with Gasteiger partial charge in [-0.3, -0.25) is 0 Å². The molecular formula is C20H19NO3S. The van der Waals surface area contributed by atoms with Crippen LogP contribution >= 0.6 is 11.3 Å². The van der Waals surface area contributed by atoms with Gasteiger partial charge in [0.1, 0.15) is 21.4 Å². The average molecular weight is 353 g/mol. The third-order valence-corrected chi connectivity index (χ3v) is 5.03. The maximum atomic E-state index is 11.3. The first-order chi connectivity index (χ1) is 12.1. The van der Waals surface area contributed by atoms with Gasteiger partial charge in [-0.15, -0.1) is 11.3 Å². The van der Waals surface area contributed by atoms with Crippen molar-refractivity contribution in [1.29, 1.82) is 0 Å². The lowest BCUT2D eigenvalue weighted by molar-refractivity contribution is 0.0701. The smallest absolute Gasteiger partial charge is 0.347 e. The van der Waals surface area contributed by atoms with Gasteiger partial charge >= 0.3 is 5.97 Å². The number of nitrogens with zero attached hydrogens (tertiary/aromatic N) is 1. The summed E-state index contributed by atoms with van der Waals surface area (Å²) in [4.78, 5) is 16.0. The maximum Gasteiger partial charge on any atom is 0.347 e. The van der Waals surface area contributed by atoms with Gasteiger partial charge in [0, 0.05) is 5.56 Å². The minimum atomic E-state index is -0.920. The Kier molecular flexibility index (Phi) is 5.14. The topological polar surface area (TPSA) is 59.4 Å². The second kappa shape index (κ2) is 7.49. The van der Waals surface area contributed by atoms with Crippen LogP contribution in [-0.2, 0) is 12.8 Å². The molecule has 0 fully saturated rings. The molecule has 0 spiro atoms. The van der Waals surface area contributed by atoms with Crippen LogP contribution < -0.4 is 4.74 Å². The van der Waals surface area contributed by atoms with Crippen LogP contribution in [-0.4, -0.2) is 16.1 Å². The molecule has 4 nitrogen and oxygen atoms in total. The van der Waals surface area contributed by atoms with Crippen LogP contribution in [0.5, 0.6) is 11.5 Å². The van der Waals surface area contributed by atoms with Gasteiger partial charge in [-0.05, 0) is 54.8 Å². The second-order valence-electron chi connectivity index (χ2n) is 5.58. The third kappa shape index (κ3) is 3.88. The molecule has 5 heteroatoms. The molecule has 1 aromatic heterocycles. The number of hydrogen-bond acceptors (Lipinski definition) is 4. The molecule has 2 aromatic carbocycles. The van der Waals surface area contributed by atoms with Gasteiger partial charge in [0.15, 0.2) is 0 Å². The largest absolute Gasteiger partial charge is 0.477 e. The van der Waals surface area contributed by atoms with Crippen LogP contribution in [0.25, 0.3) is 10.6 Å². The number of carboxylic acids is 1. The first kappa shape index (κ1) is 17.2. The molecular weight excluding hydrogens is 334 g/mol. The first-order valence-electron chi connectivity index (χ1n) is 8.21. The van der Waals surface area contributed by atoms with Crippen molar-refractivity contribution in [2.45, 2.75) is 26.7 Å². The normalized spacial score (nSPS) is 10.6. The SMILES string of the molecule is CCc1ccc(Oc2ccc(-c3nc(CC)c(C(=O)O)s3)cc2)cc1. The summed E-state index contributed by atoms with van der Waals surface area (Å²) in [6.45, 7) is 4.03. The molecule has 0 aliphatic carbocycles. The predicted molar refractivity (Wildman–Crippen MR) is 99.8 cm³/mol. The summed E-state index contributed by atoms with van der Waals surface area (Å²) >= 11 is 1.21. The lowest BCUT2D eigenvalue weighted by atomic mass is 10.2. The van der Waals surface area contributed by atoms with Gasteiger partial charge in [0.2, 0.25) is 0 Å². The summed E-state index contributed by atoms with van der Waals surface area (Å²) < 4.78 is 5.85. The predicted octanol–water partition coefficient (Wildman–Crippen LogP) is 5.43. The average Bonchev–Trinajstić information content (AvgIpc) is 3.08. The van der Waals surface area contributed by atoms with Gasteiger partial charge in [-0.2, -0.15) is 0 Å². The van der Waals surface area contributed by atoms with Crippen LogP contribution in [0.2, 0.25) is 0 Å². The molecule has 1 N–H and O–H groups in total. The molecule has 0 amide bonds. The van der Waals surface area contributed by atoms with E-state index in [1.54, 1.807) is 0 Å². The van der Waals surface area contributed by atoms with E-state index in [9.17, 15) is 9.90 Å². The highest BCUT2D eigenvalue weighted by atomic mass is 32.1. The molecule has 0 aliphatic rings. The van der Waals surface area contributed by atoms with Gasteiger partial charge in [0.25, 0.3) is 0 Å². The number of aromatic nitrogens is 1. The minimum Gasteiger partial charge on any atom is -0.477 e. The summed E-state index contributed by atoms with van der Waals surface area (Å²) in [7, 11) is 0. The van der Waals surface area contributed by atoms with Gasteiger partial charge in [0.05, 0.1) is 5.69 Å². The molecule has 0 bridgehead atoms. The Bertz CT molecular complexity index is 867. The number of aryl methyl sites for hydroxylation is 2. The van der Waals surface area contributed by atoms with E-state index in [0.29, 0.717) is 22.0 Å². The Hall–Kier alpha value is -2.66. The van der Waals surface area contributed by atoms with E-state index in [1.807, 2.05) is 43.3 Å².